The summed E-state index contributed by atoms with van der Waals surface area (Å²) in [6.45, 7) is 7.89. The van der Waals surface area contributed by atoms with Crippen LogP contribution in [0.2, 0.25) is 0 Å². The molecule has 1 aromatic rings. The van der Waals surface area contributed by atoms with Gasteiger partial charge >= 0.3 is 0 Å². The van der Waals surface area contributed by atoms with Gasteiger partial charge in [0.05, 0.1) is 0 Å². The lowest BCUT2D eigenvalue weighted by Crippen LogP contribution is -2.31. The van der Waals surface area contributed by atoms with Crippen LogP contribution in [-0.4, -0.2) is 37.0 Å². The average molecular weight is 278 g/mol. The van der Waals surface area contributed by atoms with Crippen molar-refractivity contribution in [2.45, 2.75) is 33.2 Å². The van der Waals surface area contributed by atoms with Gasteiger partial charge in [-0.3, -0.25) is 10.6 Å². The van der Waals surface area contributed by atoms with Crippen LogP contribution >= 0.6 is 0 Å². The standard InChI is InChI=1S/C15H26N4O/c1-11(2)19(4)9-5-8-17-15(20)14-7-6-13(18-16)10-12(14)3/h6-7,10-11,18H,5,8-9,16H2,1-4H3,(H,17,20). The van der Waals surface area contributed by atoms with Crippen molar-refractivity contribution >= 4 is 11.6 Å². The maximum absolute atomic E-state index is 12.1. The Morgan fingerprint density at radius 1 is 1.40 bits per heavy atom. The van der Waals surface area contributed by atoms with Crippen LogP contribution in [-0.2, 0) is 0 Å². The molecule has 0 bridgehead atoms. The number of nitrogens with one attached hydrogen (secondary N) is 2. The summed E-state index contributed by atoms with van der Waals surface area (Å²) >= 11 is 0. The number of benzene rings is 1. The van der Waals surface area contributed by atoms with Crippen LogP contribution in [0.4, 0.5) is 5.69 Å². The van der Waals surface area contributed by atoms with E-state index in [4.69, 9.17) is 5.84 Å². The summed E-state index contributed by atoms with van der Waals surface area (Å²) in [6, 6.07) is 5.99. The van der Waals surface area contributed by atoms with Gasteiger partial charge in [-0.1, -0.05) is 0 Å². The maximum atomic E-state index is 12.1. The molecule has 1 rings (SSSR count). The summed E-state index contributed by atoms with van der Waals surface area (Å²) in [6.07, 6.45) is 0.946. The van der Waals surface area contributed by atoms with Gasteiger partial charge in [0.1, 0.15) is 0 Å². The molecule has 0 aliphatic heterocycles. The molecule has 5 nitrogen and oxygen atoms in total. The normalized spacial score (nSPS) is 10.9. The smallest absolute Gasteiger partial charge is 0.251 e. The second-order valence-electron chi connectivity index (χ2n) is 5.36. The third-order valence-corrected chi connectivity index (χ3v) is 3.49. The van der Waals surface area contributed by atoms with Crippen LogP contribution < -0.4 is 16.6 Å². The van der Waals surface area contributed by atoms with E-state index in [1.807, 2.05) is 13.0 Å². The monoisotopic (exact) mass is 278 g/mol. The van der Waals surface area contributed by atoms with Gasteiger partial charge in [-0.15, -0.1) is 0 Å². The van der Waals surface area contributed by atoms with E-state index >= 15 is 0 Å². The molecule has 0 fully saturated rings. The summed E-state index contributed by atoms with van der Waals surface area (Å²) in [4.78, 5) is 14.3. The van der Waals surface area contributed by atoms with Crippen molar-refractivity contribution in [3.05, 3.63) is 29.3 Å². The molecular weight excluding hydrogens is 252 g/mol. The minimum Gasteiger partial charge on any atom is -0.352 e. The summed E-state index contributed by atoms with van der Waals surface area (Å²) in [5, 5.41) is 2.95. The lowest BCUT2D eigenvalue weighted by molar-refractivity contribution is 0.0951. The number of carbonyl (C=O) groups excluding carboxylic acids is 1. The molecule has 4 N–H and O–H groups in total. The lowest BCUT2D eigenvalue weighted by Gasteiger charge is -2.20. The van der Waals surface area contributed by atoms with E-state index in [9.17, 15) is 4.79 Å². The topological polar surface area (TPSA) is 70.4 Å². The van der Waals surface area contributed by atoms with Gasteiger partial charge in [0.25, 0.3) is 5.91 Å². The molecule has 0 spiro atoms. The molecule has 5 heteroatoms. The van der Waals surface area contributed by atoms with E-state index in [-0.39, 0.29) is 5.91 Å². The molecule has 1 amide bonds. The number of hydrogen-bond donors (Lipinski definition) is 3. The van der Waals surface area contributed by atoms with Crippen LogP contribution in [0.15, 0.2) is 18.2 Å². The highest BCUT2D eigenvalue weighted by Gasteiger charge is 2.09. The van der Waals surface area contributed by atoms with E-state index in [0.29, 0.717) is 18.2 Å². The fourth-order valence-electron chi connectivity index (χ4n) is 1.89. The number of amides is 1. The first kappa shape index (κ1) is 16.5. The van der Waals surface area contributed by atoms with E-state index in [2.05, 4.69) is 36.5 Å². The maximum Gasteiger partial charge on any atom is 0.251 e. The van der Waals surface area contributed by atoms with Crippen LogP contribution in [0.1, 0.15) is 36.2 Å². The van der Waals surface area contributed by atoms with E-state index in [1.165, 1.54) is 0 Å². The lowest BCUT2D eigenvalue weighted by atomic mass is 10.1. The number of nitrogens with zero attached hydrogens (tertiary/aromatic N) is 1. The molecule has 0 saturated heterocycles. The Morgan fingerprint density at radius 2 is 2.10 bits per heavy atom. The predicted octanol–water partition coefficient (Wildman–Crippen LogP) is 1.74. The van der Waals surface area contributed by atoms with Gasteiger partial charge in [0, 0.05) is 23.8 Å². The molecule has 0 aliphatic carbocycles. The molecule has 112 valence electrons. The first-order valence-corrected chi connectivity index (χ1v) is 7.01. The van der Waals surface area contributed by atoms with Crippen molar-refractivity contribution in [3.8, 4) is 0 Å². The van der Waals surface area contributed by atoms with Crippen molar-refractivity contribution < 1.29 is 4.79 Å². The third-order valence-electron chi connectivity index (χ3n) is 3.49. The number of nitrogens with two attached hydrogens (primary N) is 1. The van der Waals surface area contributed by atoms with Crippen molar-refractivity contribution in [1.82, 2.24) is 10.2 Å². The Labute approximate surface area is 121 Å². The first-order chi connectivity index (χ1) is 9.45. The number of carbonyl (C=O) groups is 1. The van der Waals surface area contributed by atoms with Gasteiger partial charge in [0.2, 0.25) is 0 Å². The Bertz CT molecular complexity index is 445. The molecule has 20 heavy (non-hydrogen) atoms. The Hall–Kier alpha value is -1.59. The summed E-state index contributed by atoms with van der Waals surface area (Å²) in [7, 11) is 2.09. The minimum absolute atomic E-state index is 0.0294. The zero-order chi connectivity index (χ0) is 15.1. The second-order valence-corrected chi connectivity index (χ2v) is 5.36. The number of hydrazine groups is 1. The number of rotatable bonds is 7. The molecule has 0 heterocycles. The quantitative estimate of drug-likeness (QED) is 0.404. The minimum atomic E-state index is -0.0294. The fraction of sp³-hybridized carbons (Fsp3) is 0.533. The summed E-state index contributed by atoms with van der Waals surface area (Å²) in [5.41, 5.74) is 4.99. The van der Waals surface area contributed by atoms with Crippen molar-refractivity contribution in [1.29, 1.82) is 0 Å². The molecular formula is C15H26N4O. The van der Waals surface area contributed by atoms with Gasteiger partial charge in [-0.25, -0.2) is 0 Å². The van der Waals surface area contributed by atoms with Gasteiger partial charge in [-0.05, 0) is 64.5 Å². The molecule has 0 aliphatic rings. The van der Waals surface area contributed by atoms with Crippen LogP contribution in [0.3, 0.4) is 0 Å². The zero-order valence-electron chi connectivity index (χ0n) is 12.9. The third kappa shape index (κ3) is 4.83. The number of hydrogen-bond acceptors (Lipinski definition) is 4. The first-order valence-electron chi connectivity index (χ1n) is 7.01. The SMILES string of the molecule is Cc1cc(NN)ccc1C(=O)NCCCN(C)C(C)C. The highest BCUT2D eigenvalue weighted by atomic mass is 16.1. The largest absolute Gasteiger partial charge is 0.352 e. The second kappa shape index (κ2) is 7.87. The van der Waals surface area contributed by atoms with Crippen molar-refractivity contribution in [2.75, 3.05) is 25.6 Å². The van der Waals surface area contributed by atoms with Crippen LogP contribution in [0.5, 0.6) is 0 Å². The molecule has 0 atom stereocenters. The Kier molecular flexibility index (Phi) is 6.48. The Morgan fingerprint density at radius 3 is 2.65 bits per heavy atom. The molecule has 1 aromatic carbocycles. The highest BCUT2D eigenvalue weighted by Crippen LogP contribution is 2.14. The summed E-state index contributed by atoms with van der Waals surface area (Å²) < 4.78 is 0. The predicted molar refractivity (Wildman–Crippen MR) is 83.7 cm³/mol. The van der Waals surface area contributed by atoms with Gasteiger partial charge < -0.3 is 15.6 Å². The van der Waals surface area contributed by atoms with Gasteiger partial charge in [-0.2, -0.15) is 0 Å². The fourth-order valence-corrected chi connectivity index (χ4v) is 1.89. The molecule has 0 unspecified atom stereocenters. The summed E-state index contributed by atoms with van der Waals surface area (Å²) in [5.74, 6) is 5.31. The number of anilines is 1. The average Bonchev–Trinajstić information content (AvgIpc) is 2.42. The molecule has 0 saturated carbocycles. The van der Waals surface area contributed by atoms with Crippen LogP contribution in [0, 0.1) is 6.92 Å². The van der Waals surface area contributed by atoms with Gasteiger partial charge in [0.15, 0.2) is 0 Å². The van der Waals surface area contributed by atoms with Crippen LogP contribution in [0.25, 0.3) is 0 Å². The number of nitrogen functional groups attached to an aromatic ring is 1. The molecule has 0 radical (unpaired) electrons. The van der Waals surface area contributed by atoms with E-state index in [1.54, 1.807) is 12.1 Å². The van der Waals surface area contributed by atoms with Crippen molar-refractivity contribution in [2.24, 2.45) is 5.84 Å². The molecule has 0 aromatic heterocycles. The van der Waals surface area contributed by atoms with E-state index in [0.717, 1.165) is 24.2 Å². The van der Waals surface area contributed by atoms with Crippen molar-refractivity contribution in [3.63, 3.8) is 0 Å². The zero-order valence-corrected chi connectivity index (χ0v) is 12.9. The Balaban J connectivity index is 2.43. The number of aryl methyl sites for hydroxylation is 1. The van der Waals surface area contributed by atoms with E-state index < -0.39 is 0 Å². The highest BCUT2D eigenvalue weighted by molar-refractivity contribution is 5.96.